The van der Waals surface area contributed by atoms with Gasteiger partial charge in [0.25, 0.3) is 0 Å². The van der Waals surface area contributed by atoms with E-state index in [1.165, 1.54) is 4.90 Å². The highest BCUT2D eigenvalue weighted by Crippen LogP contribution is 2.47. The van der Waals surface area contributed by atoms with E-state index < -0.39 is 24.0 Å². The summed E-state index contributed by atoms with van der Waals surface area (Å²) in [5.74, 6) is 0.779. The minimum Gasteiger partial charge on any atom is -0.486 e. The molecule has 1 N–H and O–H groups in total. The molecule has 2 aliphatic rings. The summed E-state index contributed by atoms with van der Waals surface area (Å²) in [5, 5.41) is 12.7. The number of piperidine rings is 1. The van der Waals surface area contributed by atoms with E-state index in [2.05, 4.69) is 16.4 Å². The van der Waals surface area contributed by atoms with Crippen LogP contribution in [0.15, 0.2) is 66.9 Å². The maximum Gasteiger partial charge on any atom is 0.410 e. The van der Waals surface area contributed by atoms with E-state index in [-0.39, 0.29) is 42.0 Å². The van der Waals surface area contributed by atoms with Gasteiger partial charge in [0, 0.05) is 25.1 Å². The first-order chi connectivity index (χ1) is 19.6. The van der Waals surface area contributed by atoms with Crippen molar-refractivity contribution in [1.29, 1.82) is 5.26 Å². The summed E-state index contributed by atoms with van der Waals surface area (Å²) in [7, 11) is 0. The predicted octanol–water partition coefficient (Wildman–Crippen LogP) is 6.09. The average Bonchev–Trinajstić information content (AvgIpc) is 3.75. The quantitative estimate of drug-likeness (QED) is 0.394. The molecule has 1 aromatic heterocycles. The highest BCUT2D eigenvalue weighted by Gasteiger charge is 2.44. The number of nitriles is 1. The van der Waals surface area contributed by atoms with Crippen LogP contribution in [-0.2, 0) is 9.53 Å². The summed E-state index contributed by atoms with van der Waals surface area (Å²) in [6, 6.07) is 20.8. The van der Waals surface area contributed by atoms with Crippen molar-refractivity contribution in [2.75, 3.05) is 18.4 Å². The molecule has 2 fully saturated rings. The molecule has 41 heavy (non-hydrogen) atoms. The summed E-state index contributed by atoms with van der Waals surface area (Å²) in [6.45, 7) is 5.44. The minimum atomic E-state index is -1.43. The number of alkyl halides is 1. The molecule has 1 saturated carbocycles. The molecule has 0 radical (unpaired) electrons. The van der Waals surface area contributed by atoms with Gasteiger partial charge in [0.05, 0.1) is 12.1 Å². The van der Waals surface area contributed by atoms with Gasteiger partial charge in [0.15, 0.2) is 6.17 Å². The number of hydrogen-bond donors (Lipinski definition) is 1. The summed E-state index contributed by atoms with van der Waals surface area (Å²) in [5.41, 5.74) is 2.26. The lowest BCUT2D eigenvalue weighted by Crippen LogP contribution is -2.50. The molecule has 4 atom stereocenters. The van der Waals surface area contributed by atoms with Gasteiger partial charge in [-0.05, 0) is 74.1 Å². The maximum atomic E-state index is 15.0. The van der Waals surface area contributed by atoms with Crippen LogP contribution in [0.1, 0.15) is 50.7 Å². The number of halogens is 1. The van der Waals surface area contributed by atoms with Gasteiger partial charge in [-0.2, -0.15) is 5.26 Å². The van der Waals surface area contributed by atoms with Crippen LogP contribution in [0.4, 0.5) is 15.0 Å². The van der Waals surface area contributed by atoms with Crippen molar-refractivity contribution in [3.63, 3.8) is 0 Å². The number of nitrogens with one attached hydrogen (secondary N) is 1. The van der Waals surface area contributed by atoms with E-state index >= 15 is 0 Å². The van der Waals surface area contributed by atoms with Gasteiger partial charge in [-0.25, -0.2) is 14.2 Å². The zero-order valence-electron chi connectivity index (χ0n) is 23.3. The molecule has 0 unspecified atom stereocenters. The molecule has 1 saturated heterocycles. The first-order valence-corrected chi connectivity index (χ1v) is 13.8. The standard InChI is InChI=1S/C32H33FN4O4/c1-32(2,3)41-31(39)37-14-12-28(26(33)19-37)40-27-10-9-21(15-23(27)18-34)22-11-13-35-29(16-22)36-30(38)25-17-24(25)20-7-5-4-6-8-20/h4-11,13,15-16,24-26,28H,12,14,17,19H2,1-3H3,(H,35,36,38)/t24-,25-,26-,28+/m1/s1. The lowest BCUT2D eigenvalue weighted by atomic mass is 10.0. The Bertz CT molecular complexity index is 1470. The van der Waals surface area contributed by atoms with Gasteiger partial charge in [-0.1, -0.05) is 36.4 Å². The SMILES string of the molecule is CC(C)(C)OC(=O)N1CC[C@H](Oc2ccc(-c3ccnc(NC(=O)[C@@H]4C[C@@H]4c4ccccc4)c3)cc2C#N)[C@H](F)C1. The fourth-order valence-corrected chi connectivity index (χ4v) is 5.02. The second kappa shape index (κ2) is 11.6. The number of ether oxygens (including phenoxy) is 2. The minimum absolute atomic E-state index is 0.0662. The van der Waals surface area contributed by atoms with Crippen molar-refractivity contribution in [3.8, 4) is 22.9 Å². The second-order valence-corrected chi connectivity index (χ2v) is 11.5. The molecule has 2 amide bonds. The first-order valence-electron chi connectivity index (χ1n) is 13.8. The largest absolute Gasteiger partial charge is 0.486 e. The number of pyridine rings is 1. The highest BCUT2D eigenvalue weighted by atomic mass is 19.1. The third-order valence-electron chi connectivity index (χ3n) is 7.21. The van der Waals surface area contributed by atoms with E-state index in [0.29, 0.717) is 12.4 Å². The number of benzene rings is 2. The van der Waals surface area contributed by atoms with Crippen molar-refractivity contribution in [1.82, 2.24) is 9.88 Å². The molecule has 9 heteroatoms. The highest BCUT2D eigenvalue weighted by molar-refractivity contribution is 5.95. The van der Waals surface area contributed by atoms with Crippen LogP contribution in [0.2, 0.25) is 0 Å². The molecule has 2 heterocycles. The van der Waals surface area contributed by atoms with E-state index in [1.54, 1.807) is 57.3 Å². The third-order valence-corrected chi connectivity index (χ3v) is 7.21. The summed E-state index contributed by atoms with van der Waals surface area (Å²) >= 11 is 0. The Kier molecular flexibility index (Phi) is 7.93. The van der Waals surface area contributed by atoms with Gasteiger partial charge in [0.2, 0.25) is 5.91 Å². The number of likely N-dealkylation sites (tertiary alicyclic amines) is 1. The fraction of sp³-hybridized carbons (Fsp3) is 0.375. The Morgan fingerprint density at radius 1 is 1.10 bits per heavy atom. The lowest BCUT2D eigenvalue weighted by Gasteiger charge is -2.35. The van der Waals surface area contributed by atoms with Crippen LogP contribution in [0, 0.1) is 17.2 Å². The third kappa shape index (κ3) is 6.83. The normalized spacial score (nSPS) is 21.9. The molecule has 8 nitrogen and oxygen atoms in total. The smallest absolute Gasteiger partial charge is 0.410 e. The molecule has 0 bridgehead atoms. The number of carbonyl (C=O) groups is 2. The number of anilines is 1. The molecule has 5 rings (SSSR count). The maximum absolute atomic E-state index is 15.0. The van der Waals surface area contributed by atoms with Gasteiger partial charge >= 0.3 is 6.09 Å². The number of amides is 2. The van der Waals surface area contributed by atoms with Gasteiger partial charge in [-0.3, -0.25) is 4.79 Å². The molecule has 1 aliphatic carbocycles. The summed E-state index contributed by atoms with van der Waals surface area (Å²) < 4.78 is 26.3. The molecule has 212 valence electrons. The Morgan fingerprint density at radius 3 is 2.56 bits per heavy atom. The van der Waals surface area contributed by atoms with Crippen molar-refractivity contribution < 1.29 is 23.5 Å². The zero-order chi connectivity index (χ0) is 29.1. The molecule has 3 aromatic rings. The van der Waals surface area contributed by atoms with Crippen LogP contribution >= 0.6 is 0 Å². The molecular weight excluding hydrogens is 523 g/mol. The van der Waals surface area contributed by atoms with Gasteiger partial charge in [-0.15, -0.1) is 0 Å². The molecule has 2 aromatic carbocycles. The van der Waals surface area contributed by atoms with Gasteiger partial charge in [0.1, 0.15) is 29.3 Å². The molecular formula is C32H33FN4O4. The molecule has 0 spiro atoms. The van der Waals surface area contributed by atoms with Crippen LogP contribution in [-0.4, -0.2) is 52.9 Å². The van der Waals surface area contributed by atoms with Crippen molar-refractivity contribution >= 4 is 17.8 Å². The predicted molar refractivity (Wildman–Crippen MR) is 152 cm³/mol. The van der Waals surface area contributed by atoms with Crippen molar-refractivity contribution in [2.45, 2.75) is 57.4 Å². The Labute approximate surface area is 239 Å². The number of aromatic nitrogens is 1. The number of hydrogen-bond acceptors (Lipinski definition) is 6. The number of rotatable bonds is 6. The first kappa shape index (κ1) is 28.1. The van der Waals surface area contributed by atoms with E-state index in [0.717, 1.165) is 23.1 Å². The molecule has 1 aliphatic heterocycles. The topological polar surface area (TPSA) is 105 Å². The summed E-state index contributed by atoms with van der Waals surface area (Å²) in [6.07, 6.45) is -0.0932. The average molecular weight is 557 g/mol. The Morgan fingerprint density at radius 2 is 1.85 bits per heavy atom. The second-order valence-electron chi connectivity index (χ2n) is 11.5. The fourth-order valence-electron chi connectivity index (χ4n) is 5.02. The van der Waals surface area contributed by atoms with E-state index in [9.17, 15) is 19.2 Å². The van der Waals surface area contributed by atoms with Gasteiger partial charge < -0.3 is 19.7 Å². The van der Waals surface area contributed by atoms with E-state index in [4.69, 9.17) is 9.47 Å². The summed E-state index contributed by atoms with van der Waals surface area (Å²) in [4.78, 5) is 30.8. The van der Waals surface area contributed by atoms with Crippen LogP contribution in [0.25, 0.3) is 11.1 Å². The Hall–Kier alpha value is -4.45. The van der Waals surface area contributed by atoms with Crippen LogP contribution in [0.3, 0.4) is 0 Å². The monoisotopic (exact) mass is 556 g/mol. The van der Waals surface area contributed by atoms with Crippen LogP contribution < -0.4 is 10.1 Å². The van der Waals surface area contributed by atoms with Crippen LogP contribution in [0.5, 0.6) is 5.75 Å². The number of carbonyl (C=O) groups excluding carboxylic acids is 2. The lowest BCUT2D eigenvalue weighted by molar-refractivity contribution is -0.117. The number of nitrogens with zero attached hydrogens (tertiary/aromatic N) is 3. The van der Waals surface area contributed by atoms with E-state index in [1.807, 2.05) is 30.3 Å². The van der Waals surface area contributed by atoms with Crippen molar-refractivity contribution in [3.05, 3.63) is 78.0 Å². The van der Waals surface area contributed by atoms with Crippen molar-refractivity contribution in [2.24, 2.45) is 5.92 Å². The zero-order valence-corrected chi connectivity index (χ0v) is 23.3. The Balaban J connectivity index is 1.22.